The van der Waals surface area contributed by atoms with Crippen molar-refractivity contribution in [1.29, 1.82) is 0 Å². The third-order valence-corrected chi connectivity index (χ3v) is 3.74. The summed E-state index contributed by atoms with van der Waals surface area (Å²) in [5, 5.41) is 28.6. The summed E-state index contributed by atoms with van der Waals surface area (Å²) in [6.45, 7) is 0.717. The van der Waals surface area contributed by atoms with Crippen molar-refractivity contribution in [3.63, 3.8) is 0 Å². The molecule has 1 fully saturated rings. The third-order valence-electron chi connectivity index (χ3n) is 3.74. The monoisotopic (exact) mass is 305 g/mol. The molecular weight excluding hydrogens is 287 g/mol. The first-order valence-electron chi connectivity index (χ1n) is 6.66. The Kier molecular flexibility index (Phi) is 4.88. The van der Waals surface area contributed by atoms with Gasteiger partial charge in [-0.15, -0.1) is 0 Å². The molecule has 21 heavy (non-hydrogen) atoms. The number of hydrogen-bond acceptors (Lipinski definition) is 4. The number of alkyl halides is 3. The third kappa shape index (κ3) is 3.94. The summed E-state index contributed by atoms with van der Waals surface area (Å²) >= 11 is 0. The molecule has 3 atom stereocenters. The van der Waals surface area contributed by atoms with Gasteiger partial charge in [0.1, 0.15) is 0 Å². The lowest BCUT2D eigenvalue weighted by Gasteiger charge is -2.38. The summed E-state index contributed by atoms with van der Waals surface area (Å²) < 4.78 is 37.4. The van der Waals surface area contributed by atoms with Crippen LogP contribution in [0.3, 0.4) is 0 Å². The number of benzene rings is 1. The van der Waals surface area contributed by atoms with Crippen molar-refractivity contribution < 1.29 is 28.5 Å². The predicted octanol–water partition coefficient (Wildman–Crippen LogP) is 0.851. The zero-order valence-electron chi connectivity index (χ0n) is 11.3. The van der Waals surface area contributed by atoms with Gasteiger partial charge in [0.25, 0.3) is 0 Å². The molecule has 1 saturated heterocycles. The quantitative estimate of drug-likeness (QED) is 0.775. The topological polar surface area (TPSA) is 63.9 Å². The number of hydrogen-bond donors (Lipinski definition) is 3. The molecule has 0 amide bonds. The second kappa shape index (κ2) is 6.31. The molecule has 118 valence electrons. The predicted molar refractivity (Wildman–Crippen MR) is 69.3 cm³/mol. The SMILES string of the molecule is OCC1CN(Cc2ccc(C(F)(F)F)cc2)CC(O)C1O. The van der Waals surface area contributed by atoms with E-state index < -0.39 is 29.9 Å². The summed E-state index contributed by atoms with van der Waals surface area (Å²) in [6, 6.07) is 4.84. The molecule has 0 bridgehead atoms. The zero-order chi connectivity index (χ0) is 15.6. The Morgan fingerprint density at radius 3 is 2.24 bits per heavy atom. The van der Waals surface area contributed by atoms with Gasteiger partial charge >= 0.3 is 6.18 Å². The molecule has 3 unspecified atom stereocenters. The number of piperidine rings is 1. The molecule has 1 aromatic carbocycles. The van der Waals surface area contributed by atoms with Gasteiger partial charge in [-0.05, 0) is 17.7 Å². The number of aliphatic hydroxyl groups is 3. The molecule has 3 N–H and O–H groups in total. The highest BCUT2D eigenvalue weighted by molar-refractivity contribution is 5.24. The van der Waals surface area contributed by atoms with Gasteiger partial charge in [0.2, 0.25) is 0 Å². The van der Waals surface area contributed by atoms with E-state index in [4.69, 9.17) is 5.11 Å². The number of β-amino-alcohol motifs (C(OH)–C–C–N with tert-alkyl or cyclic N) is 1. The van der Waals surface area contributed by atoms with Gasteiger partial charge < -0.3 is 15.3 Å². The molecule has 0 aromatic heterocycles. The molecule has 4 nitrogen and oxygen atoms in total. The molecule has 0 spiro atoms. The molecule has 1 aromatic rings. The van der Waals surface area contributed by atoms with E-state index in [2.05, 4.69) is 0 Å². The average Bonchev–Trinajstić information content (AvgIpc) is 2.42. The van der Waals surface area contributed by atoms with E-state index in [0.29, 0.717) is 18.7 Å². The zero-order valence-corrected chi connectivity index (χ0v) is 11.3. The van der Waals surface area contributed by atoms with Gasteiger partial charge in [0.05, 0.1) is 17.8 Å². The number of likely N-dealkylation sites (tertiary alicyclic amines) is 1. The van der Waals surface area contributed by atoms with Crippen molar-refractivity contribution in [3.8, 4) is 0 Å². The highest BCUT2D eigenvalue weighted by atomic mass is 19.4. The fourth-order valence-electron chi connectivity index (χ4n) is 2.55. The lowest BCUT2D eigenvalue weighted by Crippen LogP contribution is -2.53. The Bertz CT molecular complexity index is 464. The summed E-state index contributed by atoms with van der Waals surface area (Å²) in [5.74, 6) is -0.455. The summed E-state index contributed by atoms with van der Waals surface area (Å²) in [5.41, 5.74) is -0.0168. The Labute approximate surface area is 120 Å². The molecule has 0 saturated carbocycles. The van der Waals surface area contributed by atoms with Gasteiger partial charge in [0, 0.05) is 32.2 Å². The number of rotatable bonds is 3. The van der Waals surface area contributed by atoms with Crippen molar-refractivity contribution >= 4 is 0 Å². The van der Waals surface area contributed by atoms with Crippen molar-refractivity contribution in [2.75, 3.05) is 19.7 Å². The molecule has 0 aliphatic carbocycles. The van der Waals surface area contributed by atoms with E-state index in [0.717, 1.165) is 12.1 Å². The highest BCUT2D eigenvalue weighted by Crippen LogP contribution is 2.29. The van der Waals surface area contributed by atoms with Gasteiger partial charge in [-0.3, -0.25) is 4.90 Å². The van der Waals surface area contributed by atoms with Crippen molar-refractivity contribution in [3.05, 3.63) is 35.4 Å². The first-order chi connectivity index (χ1) is 9.81. The van der Waals surface area contributed by atoms with Crippen LogP contribution in [0.2, 0.25) is 0 Å². The summed E-state index contributed by atoms with van der Waals surface area (Å²) in [7, 11) is 0. The fourth-order valence-corrected chi connectivity index (χ4v) is 2.55. The normalized spacial score (nSPS) is 27.8. The summed E-state index contributed by atoms with van der Waals surface area (Å²) in [6.07, 6.45) is -6.30. The minimum Gasteiger partial charge on any atom is -0.396 e. The standard InChI is InChI=1S/C14H18F3NO3/c15-14(16,17)11-3-1-9(2-4-11)5-18-6-10(8-19)13(21)12(20)7-18/h1-4,10,12-13,19-21H,5-8H2. The van der Waals surface area contributed by atoms with Crippen LogP contribution in [0.5, 0.6) is 0 Å². The first-order valence-corrected chi connectivity index (χ1v) is 6.66. The molecule has 2 rings (SSSR count). The van der Waals surface area contributed by atoms with Crippen molar-refractivity contribution in [2.24, 2.45) is 5.92 Å². The van der Waals surface area contributed by atoms with Gasteiger partial charge in [-0.2, -0.15) is 13.2 Å². The van der Waals surface area contributed by atoms with Crippen LogP contribution in [0.1, 0.15) is 11.1 Å². The van der Waals surface area contributed by atoms with Crippen LogP contribution in [-0.2, 0) is 12.7 Å². The van der Waals surface area contributed by atoms with Crippen LogP contribution in [0.4, 0.5) is 13.2 Å². The maximum absolute atomic E-state index is 12.5. The van der Waals surface area contributed by atoms with Gasteiger partial charge in [0.15, 0.2) is 0 Å². The minimum absolute atomic E-state index is 0.221. The van der Waals surface area contributed by atoms with E-state index in [1.165, 1.54) is 12.1 Å². The molecule has 1 heterocycles. The van der Waals surface area contributed by atoms with Crippen molar-refractivity contribution in [1.82, 2.24) is 4.90 Å². The van der Waals surface area contributed by atoms with Gasteiger partial charge in [-0.1, -0.05) is 12.1 Å². The number of halogens is 3. The largest absolute Gasteiger partial charge is 0.416 e. The van der Waals surface area contributed by atoms with Crippen molar-refractivity contribution in [2.45, 2.75) is 24.9 Å². The van der Waals surface area contributed by atoms with E-state index >= 15 is 0 Å². The van der Waals surface area contributed by atoms with Crippen LogP contribution in [0.15, 0.2) is 24.3 Å². The maximum atomic E-state index is 12.5. The average molecular weight is 305 g/mol. The summed E-state index contributed by atoms with van der Waals surface area (Å²) in [4.78, 5) is 1.81. The van der Waals surface area contributed by atoms with Crippen LogP contribution < -0.4 is 0 Å². The molecule has 7 heteroatoms. The molecule has 0 radical (unpaired) electrons. The Hall–Kier alpha value is -1.15. The maximum Gasteiger partial charge on any atom is 0.416 e. The van der Waals surface area contributed by atoms with Gasteiger partial charge in [-0.25, -0.2) is 0 Å². The minimum atomic E-state index is -4.36. The number of nitrogens with zero attached hydrogens (tertiary/aromatic N) is 1. The molecule has 1 aliphatic heterocycles. The Morgan fingerprint density at radius 1 is 1.10 bits per heavy atom. The molecular formula is C14H18F3NO3. The smallest absolute Gasteiger partial charge is 0.396 e. The van der Waals surface area contributed by atoms with E-state index in [1.807, 2.05) is 0 Å². The first kappa shape index (κ1) is 16.2. The Morgan fingerprint density at radius 2 is 1.71 bits per heavy atom. The van der Waals surface area contributed by atoms with E-state index in [1.54, 1.807) is 4.90 Å². The van der Waals surface area contributed by atoms with E-state index in [9.17, 15) is 23.4 Å². The fraction of sp³-hybridized carbons (Fsp3) is 0.571. The highest BCUT2D eigenvalue weighted by Gasteiger charge is 2.34. The van der Waals surface area contributed by atoms with E-state index in [-0.39, 0.29) is 13.2 Å². The number of aliphatic hydroxyl groups excluding tert-OH is 3. The lowest BCUT2D eigenvalue weighted by atomic mass is 9.93. The van der Waals surface area contributed by atoms with Crippen LogP contribution in [-0.4, -0.2) is 52.1 Å². The second-order valence-corrected chi connectivity index (χ2v) is 5.39. The van der Waals surface area contributed by atoms with Crippen LogP contribution in [0.25, 0.3) is 0 Å². The van der Waals surface area contributed by atoms with Crippen LogP contribution >= 0.6 is 0 Å². The van der Waals surface area contributed by atoms with Crippen LogP contribution in [0, 0.1) is 5.92 Å². The molecule has 1 aliphatic rings. The lowest BCUT2D eigenvalue weighted by molar-refractivity contribution is -0.137. The Balaban J connectivity index is 2.01. The second-order valence-electron chi connectivity index (χ2n) is 5.39.